The van der Waals surface area contributed by atoms with E-state index in [1.165, 1.54) is 5.57 Å². The van der Waals surface area contributed by atoms with Gasteiger partial charge in [-0.05, 0) is 39.2 Å². The van der Waals surface area contributed by atoms with Gasteiger partial charge in [-0.1, -0.05) is 0 Å². The molecule has 2 fully saturated rings. The predicted octanol–water partition coefficient (Wildman–Crippen LogP) is 1.61. The predicted molar refractivity (Wildman–Crippen MR) is 64.4 cm³/mol. The molecule has 1 saturated carbocycles. The Hall–Kier alpha value is -1.03. The van der Waals surface area contributed by atoms with Gasteiger partial charge in [-0.3, -0.25) is 4.79 Å². The van der Waals surface area contributed by atoms with Crippen LogP contribution in [-0.2, 0) is 14.3 Å². The number of nitrogens with one attached hydrogen (secondary N) is 1. The van der Waals surface area contributed by atoms with E-state index < -0.39 is 5.60 Å². The Bertz CT molecular complexity index is 346. The Balaban J connectivity index is 1.92. The Kier molecular flexibility index (Phi) is 2.94. The quantitative estimate of drug-likeness (QED) is 0.587. The van der Waals surface area contributed by atoms with Crippen LogP contribution in [0.25, 0.3) is 0 Å². The molecule has 1 aliphatic heterocycles. The van der Waals surface area contributed by atoms with Crippen molar-refractivity contribution in [3.63, 3.8) is 0 Å². The molecule has 0 radical (unpaired) electrons. The first kappa shape index (κ1) is 12.4. The largest absolute Gasteiger partial charge is 0.504 e. The van der Waals surface area contributed by atoms with Crippen LogP contribution in [0.4, 0.5) is 0 Å². The highest BCUT2D eigenvalue weighted by Crippen LogP contribution is 2.52. The standard InChI is InChI=1S/C13H21NO3/c1-12(2,3)17-11(15)10-13(8-14-10)5-9(6-13)7-16-4/h7,10,14H,5-6,8H2,1-4H3. The molecule has 1 spiro atoms. The minimum Gasteiger partial charge on any atom is -0.504 e. The highest BCUT2D eigenvalue weighted by Gasteiger charge is 2.57. The van der Waals surface area contributed by atoms with E-state index in [1.54, 1.807) is 13.4 Å². The van der Waals surface area contributed by atoms with Gasteiger partial charge in [0.1, 0.15) is 11.6 Å². The average molecular weight is 239 g/mol. The molecule has 0 amide bonds. The Morgan fingerprint density at radius 3 is 2.53 bits per heavy atom. The van der Waals surface area contributed by atoms with Crippen LogP contribution in [-0.4, -0.2) is 31.3 Å². The fourth-order valence-corrected chi connectivity index (χ4v) is 2.62. The summed E-state index contributed by atoms with van der Waals surface area (Å²) < 4.78 is 10.4. The molecule has 4 heteroatoms. The Labute approximate surface area is 102 Å². The zero-order chi connectivity index (χ0) is 12.7. The van der Waals surface area contributed by atoms with Crippen LogP contribution in [0.15, 0.2) is 11.8 Å². The fourth-order valence-electron chi connectivity index (χ4n) is 2.62. The minimum absolute atomic E-state index is 0.0900. The maximum atomic E-state index is 12.0. The molecule has 2 rings (SSSR count). The molecule has 0 aromatic rings. The van der Waals surface area contributed by atoms with Crippen LogP contribution in [0.3, 0.4) is 0 Å². The maximum absolute atomic E-state index is 12.0. The second-order valence-corrected chi connectivity index (χ2v) is 6.08. The van der Waals surface area contributed by atoms with Crippen molar-refractivity contribution in [3.05, 3.63) is 11.8 Å². The van der Waals surface area contributed by atoms with Crippen molar-refractivity contribution >= 4 is 5.97 Å². The molecular weight excluding hydrogens is 218 g/mol. The fraction of sp³-hybridized carbons (Fsp3) is 0.769. The molecule has 0 aromatic heterocycles. The monoisotopic (exact) mass is 239 g/mol. The summed E-state index contributed by atoms with van der Waals surface area (Å²) in [5, 5.41) is 3.18. The topological polar surface area (TPSA) is 47.6 Å². The van der Waals surface area contributed by atoms with Gasteiger partial charge in [0.2, 0.25) is 0 Å². The van der Waals surface area contributed by atoms with Crippen LogP contribution >= 0.6 is 0 Å². The van der Waals surface area contributed by atoms with E-state index in [0.29, 0.717) is 0 Å². The summed E-state index contributed by atoms with van der Waals surface area (Å²) in [5.41, 5.74) is 0.958. The van der Waals surface area contributed by atoms with Crippen molar-refractivity contribution in [3.8, 4) is 0 Å². The number of carbonyl (C=O) groups is 1. The molecule has 0 bridgehead atoms. The van der Waals surface area contributed by atoms with Gasteiger partial charge >= 0.3 is 5.97 Å². The molecule has 1 atom stereocenters. The third kappa shape index (κ3) is 2.32. The van der Waals surface area contributed by atoms with E-state index in [0.717, 1.165) is 19.4 Å². The molecule has 96 valence electrons. The highest BCUT2D eigenvalue weighted by molar-refractivity contribution is 5.79. The SMILES string of the molecule is COC=C1CC2(CNC2C(=O)OC(C)(C)C)C1. The van der Waals surface area contributed by atoms with Crippen LogP contribution in [0.5, 0.6) is 0 Å². The van der Waals surface area contributed by atoms with E-state index in [9.17, 15) is 4.79 Å². The lowest BCUT2D eigenvalue weighted by atomic mass is 9.57. The summed E-state index contributed by atoms with van der Waals surface area (Å²) in [6.45, 7) is 6.59. The highest BCUT2D eigenvalue weighted by atomic mass is 16.6. The maximum Gasteiger partial charge on any atom is 0.324 e. The normalized spacial score (nSPS) is 31.5. The van der Waals surface area contributed by atoms with Crippen molar-refractivity contribution in [2.75, 3.05) is 13.7 Å². The average Bonchev–Trinajstić information content (AvgIpc) is 2.04. The Morgan fingerprint density at radius 1 is 1.47 bits per heavy atom. The first-order chi connectivity index (χ1) is 7.86. The third-order valence-electron chi connectivity index (χ3n) is 3.36. The van der Waals surface area contributed by atoms with Crippen molar-refractivity contribution in [1.29, 1.82) is 0 Å². The molecule has 1 aliphatic carbocycles. The smallest absolute Gasteiger partial charge is 0.324 e. The zero-order valence-corrected chi connectivity index (χ0v) is 11.0. The zero-order valence-electron chi connectivity index (χ0n) is 11.0. The Morgan fingerprint density at radius 2 is 2.12 bits per heavy atom. The van der Waals surface area contributed by atoms with Crippen LogP contribution in [0.2, 0.25) is 0 Å². The van der Waals surface area contributed by atoms with E-state index in [4.69, 9.17) is 9.47 Å². The number of hydrogen-bond acceptors (Lipinski definition) is 4. The van der Waals surface area contributed by atoms with Gasteiger partial charge in [0.05, 0.1) is 13.4 Å². The molecule has 1 saturated heterocycles. The van der Waals surface area contributed by atoms with Crippen molar-refractivity contribution in [1.82, 2.24) is 5.32 Å². The second kappa shape index (κ2) is 4.02. The van der Waals surface area contributed by atoms with Gasteiger partial charge < -0.3 is 14.8 Å². The van der Waals surface area contributed by atoms with E-state index in [1.807, 2.05) is 20.8 Å². The number of methoxy groups -OCH3 is 1. The van der Waals surface area contributed by atoms with Gasteiger partial charge in [-0.15, -0.1) is 0 Å². The van der Waals surface area contributed by atoms with Crippen LogP contribution in [0, 0.1) is 5.41 Å². The number of esters is 1. The van der Waals surface area contributed by atoms with Crippen molar-refractivity contribution in [2.45, 2.75) is 45.3 Å². The van der Waals surface area contributed by atoms with E-state index in [-0.39, 0.29) is 17.4 Å². The molecule has 1 unspecified atom stereocenters. The van der Waals surface area contributed by atoms with Crippen LogP contribution < -0.4 is 5.32 Å². The van der Waals surface area contributed by atoms with Gasteiger partial charge in [-0.25, -0.2) is 0 Å². The molecule has 0 aromatic carbocycles. The lowest BCUT2D eigenvalue weighted by Gasteiger charge is -2.56. The number of carbonyl (C=O) groups excluding carboxylic acids is 1. The summed E-state index contributed by atoms with van der Waals surface area (Å²) in [4.78, 5) is 12.0. The number of rotatable bonds is 2. The lowest BCUT2D eigenvalue weighted by Crippen LogP contribution is -2.69. The van der Waals surface area contributed by atoms with Crippen molar-refractivity contribution < 1.29 is 14.3 Å². The van der Waals surface area contributed by atoms with Crippen molar-refractivity contribution in [2.24, 2.45) is 5.41 Å². The molecule has 1 N–H and O–H groups in total. The summed E-state index contributed by atoms with van der Waals surface area (Å²) in [6, 6.07) is -0.143. The molecule has 17 heavy (non-hydrogen) atoms. The number of allylic oxidation sites excluding steroid dienone is 1. The molecule has 1 heterocycles. The van der Waals surface area contributed by atoms with E-state index >= 15 is 0 Å². The van der Waals surface area contributed by atoms with Gasteiger partial charge in [0.15, 0.2) is 0 Å². The number of hydrogen-bond donors (Lipinski definition) is 1. The summed E-state index contributed by atoms with van der Waals surface area (Å²) in [6.07, 6.45) is 3.67. The first-order valence-corrected chi connectivity index (χ1v) is 6.03. The van der Waals surface area contributed by atoms with Crippen LogP contribution in [0.1, 0.15) is 33.6 Å². The lowest BCUT2D eigenvalue weighted by molar-refractivity contribution is -0.168. The molecule has 4 nitrogen and oxygen atoms in total. The van der Waals surface area contributed by atoms with Gasteiger partial charge in [0.25, 0.3) is 0 Å². The second-order valence-electron chi connectivity index (χ2n) is 6.08. The summed E-state index contributed by atoms with van der Waals surface area (Å²) in [7, 11) is 1.66. The number of ether oxygens (including phenoxy) is 2. The minimum atomic E-state index is -0.412. The van der Waals surface area contributed by atoms with Gasteiger partial charge in [-0.2, -0.15) is 0 Å². The first-order valence-electron chi connectivity index (χ1n) is 6.03. The van der Waals surface area contributed by atoms with E-state index in [2.05, 4.69) is 5.32 Å². The van der Waals surface area contributed by atoms with Gasteiger partial charge in [0, 0.05) is 12.0 Å². The third-order valence-corrected chi connectivity index (χ3v) is 3.36. The molecular formula is C13H21NO3. The summed E-state index contributed by atoms with van der Waals surface area (Å²) in [5.74, 6) is -0.125. The molecule has 2 aliphatic rings. The summed E-state index contributed by atoms with van der Waals surface area (Å²) >= 11 is 0.